The standard InChI is InChI=1S/C20H21ClN4O3/c1-12-17-18(21)16(20(26)23-10-15-7-4-8-28-15)11-22-19(17)25(24-12)13-5-3-6-14(9-13)27-2/h3,5-6,9,11,15H,4,7-8,10H2,1-2H3,(H,23,26)/t15-/m1/s1. The molecule has 1 aliphatic heterocycles. The van der Waals surface area contributed by atoms with Crippen LogP contribution in [-0.2, 0) is 4.74 Å². The van der Waals surface area contributed by atoms with Crippen molar-refractivity contribution in [2.24, 2.45) is 0 Å². The highest BCUT2D eigenvalue weighted by atomic mass is 35.5. The molecular formula is C20H21ClN4O3. The SMILES string of the molecule is COc1cccc(-n2nc(C)c3c(Cl)c(C(=O)NC[C@H]4CCCO4)cnc32)c1. The number of aryl methyl sites for hydroxylation is 1. The van der Waals surface area contributed by atoms with Gasteiger partial charge >= 0.3 is 0 Å². The predicted octanol–water partition coefficient (Wildman–Crippen LogP) is 3.30. The van der Waals surface area contributed by atoms with E-state index >= 15 is 0 Å². The Hall–Kier alpha value is -2.64. The second-order valence-electron chi connectivity index (χ2n) is 6.73. The van der Waals surface area contributed by atoms with Crippen LogP contribution >= 0.6 is 11.6 Å². The number of ether oxygens (including phenoxy) is 2. The number of aromatic nitrogens is 3. The summed E-state index contributed by atoms with van der Waals surface area (Å²) in [5.74, 6) is 0.457. The number of nitrogens with one attached hydrogen (secondary N) is 1. The number of hydrogen-bond acceptors (Lipinski definition) is 5. The first kappa shape index (κ1) is 18.7. The third-order valence-corrected chi connectivity index (χ3v) is 5.26. The maximum atomic E-state index is 12.6. The summed E-state index contributed by atoms with van der Waals surface area (Å²) in [6, 6.07) is 7.51. The van der Waals surface area contributed by atoms with Gasteiger partial charge in [-0.05, 0) is 31.9 Å². The molecule has 3 aromatic rings. The van der Waals surface area contributed by atoms with Gasteiger partial charge in [0.2, 0.25) is 0 Å². The molecule has 0 aliphatic carbocycles. The molecule has 1 amide bonds. The number of rotatable bonds is 5. The van der Waals surface area contributed by atoms with Crippen LogP contribution in [0.4, 0.5) is 0 Å². The number of fused-ring (bicyclic) bond motifs is 1. The van der Waals surface area contributed by atoms with Gasteiger partial charge in [-0.1, -0.05) is 17.7 Å². The topological polar surface area (TPSA) is 78.3 Å². The summed E-state index contributed by atoms with van der Waals surface area (Å²) in [6.07, 6.45) is 3.54. The molecule has 0 spiro atoms. The molecule has 146 valence electrons. The molecule has 1 aliphatic rings. The van der Waals surface area contributed by atoms with Crippen molar-refractivity contribution in [2.75, 3.05) is 20.3 Å². The zero-order valence-corrected chi connectivity index (χ0v) is 16.5. The third kappa shape index (κ3) is 3.43. The molecule has 28 heavy (non-hydrogen) atoms. The van der Waals surface area contributed by atoms with Crippen LogP contribution in [0.3, 0.4) is 0 Å². The van der Waals surface area contributed by atoms with E-state index in [9.17, 15) is 4.79 Å². The molecule has 2 aromatic heterocycles. The Labute approximate surface area is 167 Å². The van der Waals surface area contributed by atoms with Gasteiger partial charge in [-0.3, -0.25) is 4.79 Å². The first-order chi connectivity index (χ1) is 13.6. The van der Waals surface area contributed by atoms with E-state index in [1.165, 1.54) is 6.20 Å². The summed E-state index contributed by atoms with van der Waals surface area (Å²) in [4.78, 5) is 17.1. The van der Waals surface area contributed by atoms with Gasteiger partial charge in [0.15, 0.2) is 5.65 Å². The van der Waals surface area contributed by atoms with E-state index in [2.05, 4.69) is 15.4 Å². The number of hydrogen-bond donors (Lipinski definition) is 1. The van der Waals surface area contributed by atoms with E-state index in [0.29, 0.717) is 33.9 Å². The zero-order chi connectivity index (χ0) is 19.7. The number of carbonyl (C=O) groups excluding carboxylic acids is 1. The third-order valence-electron chi connectivity index (χ3n) is 4.86. The lowest BCUT2D eigenvalue weighted by Crippen LogP contribution is -2.32. The highest BCUT2D eigenvalue weighted by Crippen LogP contribution is 2.30. The second-order valence-corrected chi connectivity index (χ2v) is 7.11. The van der Waals surface area contributed by atoms with Crippen molar-refractivity contribution in [3.63, 3.8) is 0 Å². The fourth-order valence-corrected chi connectivity index (χ4v) is 3.75. The van der Waals surface area contributed by atoms with Gasteiger partial charge in [0.1, 0.15) is 5.75 Å². The Morgan fingerprint density at radius 2 is 2.32 bits per heavy atom. The van der Waals surface area contributed by atoms with Gasteiger partial charge in [-0.25, -0.2) is 9.67 Å². The van der Waals surface area contributed by atoms with Crippen molar-refractivity contribution in [3.8, 4) is 11.4 Å². The fourth-order valence-electron chi connectivity index (χ4n) is 3.40. The number of nitrogens with zero attached hydrogens (tertiary/aromatic N) is 3. The zero-order valence-electron chi connectivity index (χ0n) is 15.7. The van der Waals surface area contributed by atoms with Crippen molar-refractivity contribution < 1.29 is 14.3 Å². The molecule has 1 N–H and O–H groups in total. The van der Waals surface area contributed by atoms with Gasteiger partial charge in [0.25, 0.3) is 5.91 Å². The van der Waals surface area contributed by atoms with E-state index < -0.39 is 0 Å². The number of amides is 1. The lowest BCUT2D eigenvalue weighted by Gasteiger charge is -2.12. The summed E-state index contributed by atoms with van der Waals surface area (Å²) < 4.78 is 12.5. The highest BCUT2D eigenvalue weighted by Gasteiger charge is 2.22. The van der Waals surface area contributed by atoms with Crippen LogP contribution in [0.15, 0.2) is 30.5 Å². The van der Waals surface area contributed by atoms with Crippen molar-refractivity contribution in [2.45, 2.75) is 25.9 Å². The van der Waals surface area contributed by atoms with E-state index in [1.54, 1.807) is 11.8 Å². The average molecular weight is 401 g/mol. The molecule has 0 saturated carbocycles. The highest BCUT2D eigenvalue weighted by molar-refractivity contribution is 6.38. The minimum Gasteiger partial charge on any atom is -0.497 e. The summed E-state index contributed by atoms with van der Waals surface area (Å²) in [6.45, 7) is 3.06. The Bertz CT molecular complexity index is 1030. The molecular weight excluding hydrogens is 380 g/mol. The lowest BCUT2D eigenvalue weighted by atomic mass is 10.2. The smallest absolute Gasteiger partial charge is 0.254 e. The Kier molecular flexibility index (Phi) is 5.19. The molecule has 7 nitrogen and oxygen atoms in total. The maximum Gasteiger partial charge on any atom is 0.254 e. The minimum absolute atomic E-state index is 0.0666. The summed E-state index contributed by atoms with van der Waals surface area (Å²) in [5, 5.41) is 8.47. The molecule has 4 rings (SSSR count). The molecule has 0 bridgehead atoms. The van der Waals surface area contributed by atoms with Crippen molar-refractivity contribution in [1.82, 2.24) is 20.1 Å². The van der Waals surface area contributed by atoms with Gasteiger partial charge in [-0.15, -0.1) is 0 Å². The van der Waals surface area contributed by atoms with Crippen LogP contribution in [0.5, 0.6) is 5.75 Å². The summed E-state index contributed by atoms with van der Waals surface area (Å²) in [5.41, 5.74) is 2.42. The molecule has 0 radical (unpaired) electrons. The van der Waals surface area contributed by atoms with Crippen molar-refractivity contribution in [1.29, 1.82) is 0 Å². The molecule has 1 saturated heterocycles. The van der Waals surface area contributed by atoms with Crippen LogP contribution in [0.2, 0.25) is 5.02 Å². The first-order valence-corrected chi connectivity index (χ1v) is 9.54. The lowest BCUT2D eigenvalue weighted by molar-refractivity contribution is 0.0857. The van der Waals surface area contributed by atoms with Crippen molar-refractivity contribution >= 4 is 28.5 Å². The number of pyridine rings is 1. The quantitative estimate of drug-likeness (QED) is 0.711. The largest absolute Gasteiger partial charge is 0.497 e. The number of methoxy groups -OCH3 is 1. The van der Waals surface area contributed by atoms with E-state index in [0.717, 1.165) is 30.9 Å². The Morgan fingerprint density at radius 1 is 1.46 bits per heavy atom. The van der Waals surface area contributed by atoms with Crippen LogP contribution < -0.4 is 10.1 Å². The average Bonchev–Trinajstić information content (AvgIpc) is 3.34. The molecule has 1 aromatic carbocycles. The van der Waals surface area contributed by atoms with Gasteiger partial charge in [0, 0.05) is 25.4 Å². The normalized spacial score (nSPS) is 16.5. The van der Waals surface area contributed by atoms with Crippen LogP contribution in [-0.4, -0.2) is 47.0 Å². The molecule has 1 fully saturated rings. The van der Waals surface area contributed by atoms with Crippen LogP contribution in [0.25, 0.3) is 16.7 Å². The fraction of sp³-hybridized carbons (Fsp3) is 0.350. The van der Waals surface area contributed by atoms with Gasteiger partial charge in [-0.2, -0.15) is 5.10 Å². The van der Waals surface area contributed by atoms with Gasteiger partial charge < -0.3 is 14.8 Å². The van der Waals surface area contributed by atoms with E-state index in [-0.39, 0.29) is 12.0 Å². The molecule has 8 heteroatoms. The van der Waals surface area contributed by atoms with Crippen LogP contribution in [0.1, 0.15) is 28.9 Å². The molecule has 3 heterocycles. The predicted molar refractivity (Wildman–Crippen MR) is 106 cm³/mol. The first-order valence-electron chi connectivity index (χ1n) is 9.16. The molecule has 0 unspecified atom stereocenters. The second kappa shape index (κ2) is 7.77. The van der Waals surface area contributed by atoms with E-state index in [4.69, 9.17) is 21.1 Å². The maximum absolute atomic E-state index is 12.6. The summed E-state index contributed by atoms with van der Waals surface area (Å²) >= 11 is 6.59. The monoisotopic (exact) mass is 400 g/mol. The minimum atomic E-state index is -0.261. The Morgan fingerprint density at radius 3 is 3.07 bits per heavy atom. The van der Waals surface area contributed by atoms with Crippen LogP contribution in [0, 0.1) is 6.92 Å². The Balaban J connectivity index is 1.67. The van der Waals surface area contributed by atoms with Gasteiger partial charge in [0.05, 0.1) is 40.6 Å². The number of benzene rings is 1. The number of carbonyl (C=O) groups is 1. The summed E-state index contributed by atoms with van der Waals surface area (Å²) in [7, 11) is 1.61. The number of halogens is 1. The van der Waals surface area contributed by atoms with Crippen molar-refractivity contribution in [3.05, 3.63) is 46.7 Å². The van der Waals surface area contributed by atoms with E-state index in [1.807, 2.05) is 31.2 Å². The molecule has 1 atom stereocenters.